The molecule has 1 amide bonds. The fourth-order valence-electron chi connectivity index (χ4n) is 2.77. The molecule has 1 aromatic carbocycles. The van der Waals surface area contributed by atoms with Crippen LogP contribution in [0.5, 0.6) is 5.75 Å². The average molecular weight is 276 g/mol. The molecule has 1 fully saturated rings. The van der Waals surface area contributed by atoms with E-state index in [9.17, 15) is 4.79 Å². The molecule has 0 bridgehead atoms. The lowest BCUT2D eigenvalue weighted by atomic mass is 10.0. The van der Waals surface area contributed by atoms with Crippen LogP contribution in [0.3, 0.4) is 0 Å². The second-order valence-electron chi connectivity index (χ2n) is 5.16. The molecule has 1 atom stereocenters. The number of hydrogen-bond acceptors (Lipinski definition) is 3. The van der Waals surface area contributed by atoms with Crippen LogP contribution in [-0.2, 0) is 4.79 Å². The van der Waals surface area contributed by atoms with Crippen molar-refractivity contribution in [3.63, 3.8) is 0 Å². The molecule has 0 radical (unpaired) electrons. The van der Waals surface area contributed by atoms with Crippen molar-refractivity contribution < 1.29 is 9.53 Å². The van der Waals surface area contributed by atoms with E-state index in [1.165, 1.54) is 12.8 Å². The summed E-state index contributed by atoms with van der Waals surface area (Å²) in [7, 11) is 1.70. The van der Waals surface area contributed by atoms with E-state index in [-0.39, 0.29) is 11.9 Å². The summed E-state index contributed by atoms with van der Waals surface area (Å²) in [5.74, 6) is 0.999. The summed E-state index contributed by atoms with van der Waals surface area (Å²) in [6.07, 6.45) is 2.99. The molecule has 0 saturated carbocycles. The molecular weight excluding hydrogens is 252 g/mol. The molecule has 1 aliphatic rings. The van der Waals surface area contributed by atoms with E-state index >= 15 is 0 Å². The zero-order valence-electron chi connectivity index (χ0n) is 12.4. The molecule has 4 heteroatoms. The molecule has 1 aromatic rings. The quantitative estimate of drug-likeness (QED) is 0.867. The van der Waals surface area contributed by atoms with Gasteiger partial charge in [0.1, 0.15) is 5.75 Å². The molecular formula is C16H24N2O2. The fourth-order valence-corrected chi connectivity index (χ4v) is 2.77. The number of hydrogen-bond donors (Lipinski definition) is 1. The van der Waals surface area contributed by atoms with Gasteiger partial charge in [-0.25, -0.2) is 0 Å². The Morgan fingerprint density at radius 1 is 1.35 bits per heavy atom. The van der Waals surface area contributed by atoms with E-state index in [0.717, 1.165) is 24.4 Å². The average Bonchev–Trinajstić information content (AvgIpc) is 3.01. The van der Waals surface area contributed by atoms with Crippen LogP contribution in [-0.4, -0.2) is 37.6 Å². The SMILES string of the molecule is CCC(=O)NCC(c1ccccc1OC)N1CCCC1. The van der Waals surface area contributed by atoms with Gasteiger partial charge in [-0.3, -0.25) is 9.69 Å². The normalized spacial score (nSPS) is 16.9. The summed E-state index contributed by atoms with van der Waals surface area (Å²) in [5.41, 5.74) is 1.16. The van der Waals surface area contributed by atoms with Gasteiger partial charge in [0.25, 0.3) is 0 Å². The summed E-state index contributed by atoms with van der Waals surface area (Å²) in [4.78, 5) is 14.0. The highest BCUT2D eigenvalue weighted by atomic mass is 16.5. The first-order valence-electron chi connectivity index (χ1n) is 7.40. The van der Waals surface area contributed by atoms with Gasteiger partial charge >= 0.3 is 0 Å². The van der Waals surface area contributed by atoms with Crippen molar-refractivity contribution in [2.75, 3.05) is 26.7 Å². The Hall–Kier alpha value is -1.55. The number of methoxy groups -OCH3 is 1. The van der Waals surface area contributed by atoms with Crippen molar-refractivity contribution in [1.82, 2.24) is 10.2 Å². The minimum absolute atomic E-state index is 0.101. The van der Waals surface area contributed by atoms with Gasteiger partial charge in [-0.1, -0.05) is 25.1 Å². The third kappa shape index (κ3) is 3.51. The number of amides is 1. The van der Waals surface area contributed by atoms with Crippen molar-refractivity contribution in [2.24, 2.45) is 0 Å². The van der Waals surface area contributed by atoms with E-state index in [0.29, 0.717) is 13.0 Å². The van der Waals surface area contributed by atoms with Crippen LogP contribution < -0.4 is 10.1 Å². The number of likely N-dealkylation sites (tertiary alicyclic amines) is 1. The van der Waals surface area contributed by atoms with Gasteiger partial charge in [0.15, 0.2) is 0 Å². The predicted octanol–water partition coefficient (Wildman–Crippen LogP) is 2.36. The summed E-state index contributed by atoms with van der Waals surface area (Å²) in [5, 5.41) is 3.02. The maximum Gasteiger partial charge on any atom is 0.219 e. The maximum atomic E-state index is 11.6. The van der Waals surface area contributed by atoms with Gasteiger partial charge < -0.3 is 10.1 Å². The Bertz CT molecular complexity index is 442. The molecule has 1 N–H and O–H groups in total. The lowest BCUT2D eigenvalue weighted by molar-refractivity contribution is -0.121. The topological polar surface area (TPSA) is 41.6 Å². The van der Waals surface area contributed by atoms with Crippen LogP contribution in [0.25, 0.3) is 0 Å². The van der Waals surface area contributed by atoms with E-state index in [4.69, 9.17) is 4.74 Å². The van der Waals surface area contributed by atoms with Crippen LogP contribution >= 0.6 is 0 Å². The van der Waals surface area contributed by atoms with Gasteiger partial charge in [-0.2, -0.15) is 0 Å². The number of carbonyl (C=O) groups is 1. The smallest absolute Gasteiger partial charge is 0.219 e. The van der Waals surface area contributed by atoms with Crippen LogP contribution in [0, 0.1) is 0 Å². The van der Waals surface area contributed by atoms with Crippen LogP contribution in [0.4, 0.5) is 0 Å². The Morgan fingerprint density at radius 3 is 2.70 bits per heavy atom. The molecule has 20 heavy (non-hydrogen) atoms. The molecule has 0 aliphatic carbocycles. The number of benzene rings is 1. The van der Waals surface area contributed by atoms with E-state index < -0.39 is 0 Å². The lowest BCUT2D eigenvalue weighted by Crippen LogP contribution is -2.36. The molecule has 1 heterocycles. The maximum absolute atomic E-state index is 11.6. The summed E-state index contributed by atoms with van der Waals surface area (Å²) in [6.45, 7) is 4.70. The largest absolute Gasteiger partial charge is 0.496 e. The first kappa shape index (κ1) is 14.9. The van der Waals surface area contributed by atoms with Crippen LogP contribution in [0.2, 0.25) is 0 Å². The van der Waals surface area contributed by atoms with Gasteiger partial charge in [-0.05, 0) is 32.0 Å². The van der Waals surface area contributed by atoms with Crippen LogP contribution in [0.15, 0.2) is 24.3 Å². The summed E-state index contributed by atoms with van der Waals surface area (Å²) < 4.78 is 5.48. The molecule has 2 rings (SSSR count). The van der Waals surface area contributed by atoms with Crippen molar-refractivity contribution in [1.29, 1.82) is 0 Å². The minimum atomic E-state index is 0.101. The van der Waals surface area contributed by atoms with E-state index in [2.05, 4.69) is 16.3 Å². The Kier molecular flexibility index (Phi) is 5.41. The second-order valence-corrected chi connectivity index (χ2v) is 5.16. The summed E-state index contributed by atoms with van der Waals surface area (Å²) in [6, 6.07) is 8.29. The van der Waals surface area contributed by atoms with Gasteiger partial charge in [-0.15, -0.1) is 0 Å². The van der Waals surface area contributed by atoms with Crippen molar-refractivity contribution in [3.05, 3.63) is 29.8 Å². The third-order valence-electron chi connectivity index (χ3n) is 3.89. The standard InChI is InChI=1S/C16H24N2O2/c1-3-16(19)17-12-14(18-10-6-7-11-18)13-8-4-5-9-15(13)20-2/h4-5,8-9,14H,3,6-7,10-12H2,1-2H3,(H,17,19). The lowest BCUT2D eigenvalue weighted by Gasteiger charge is -2.29. The first-order chi connectivity index (χ1) is 9.76. The van der Waals surface area contributed by atoms with Gasteiger partial charge in [0, 0.05) is 18.5 Å². The number of rotatable bonds is 6. The minimum Gasteiger partial charge on any atom is -0.496 e. The Labute approximate surface area is 121 Å². The molecule has 0 aromatic heterocycles. The number of carbonyl (C=O) groups excluding carboxylic acids is 1. The van der Waals surface area contributed by atoms with Crippen LogP contribution in [0.1, 0.15) is 37.8 Å². The highest BCUT2D eigenvalue weighted by molar-refractivity contribution is 5.75. The number of ether oxygens (including phenoxy) is 1. The van der Waals surface area contributed by atoms with Gasteiger partial charge in [0.05, 0.1) is 13.2 Å². The first-order valence-corrected chi connectivity index (χ1v) is 7.40. The highest BCUT2D eigenvalue weighted by Crippen LogP contribution is 2.31. The van der Waals surface area contributed by atoms with Gasteiger partial charge in [0.2, 0.25) is 5.91 Å². The number of nitrogens with one attached hydrogen (secondary N) is 1. The highest BCUT2D eigenvalue weighted by Gasteiger charge is 2.25. The monoisotopic (exact) mass is 276 g/mol. The molecule has 1 aliphatic heterocycles. The predicted molar refractivity (Wildman–Crippen MR) is 79.8 cm³/mol. The number of nitrogens with zero attached hydrogens (tertiary/aromatic N) is 1. The van der Waals surface area contributed by atoms with Crippen molar-refractivity contribution in [3.8, 4) is 5.75 Å². The molecule has 110 valence electrons. The zero-order chi connectivity index (χ0) is 14.4. The second kappa shape index (κ2) is 7.29. The molecule has 4 nitrogen and oxygen atoms in total. The molecule has 1 saturated heterocycles. The Morgan fingerprint density at radius 2 is 2.05 bits per heavy atom. The van der Waals surface area contributed by atoms with E-state index in [1.807, 2.05) is 25.1 Å². The zero-order valence-corrected chi connectivity index (χ0v) is 12.4. The third-order valence-corrected chi connectivity index (χ3v) is 3.89. The fraction of sp³-hybridized carbons (Fsp3) is 0.562. The Balaban J connectivity index is 2.18. The van der Waals surface area contributed by atoms with Crippen molar-refractivity contribution in [2.45, 2.75) is 32.2 Å². The van der Waals surface area contributed by atoms with Crippen molar-refractivity contribution >= 4 is 5.91 Å². The molecule has 1 unspecified atom stereocenters. The summed E-state index contributed by atoms with van der Waals surface area (Å²) >= 11 is 0. The molecule has 0 spiro atoms. The van der Waals surface area contributed by atoms with E-state index in [1.54, 1.807) is 7.11 Å². The number of para-hydroxylation sites is 1.